The minimum absolute atomic E-state index is 0.0865. The van der Waals surface area contributed by atoms with E-state index in [-0.39, 0.29) is 5.92 Å². The van der Waals surface area contributed by atoms with Gasteiger partial charge in [-0.05, 0) is 45.9 Å². The summed E-state index contributed by atoms with van der Waals surface area (Å²) in [6, 6.07) is 16.7. The van der Waals surface area contributed by atoms with Crippen LogP contribution in [0.2, 0.25) is 21.6 Å². The number of hydrogen-bond acceptors (Lipinski definition) is 0. The van der Waals surface area contributed by atoms with E-state index in [9.17, 15) is 0 Å². The first-order valence-corrected chi connectivity index (χ1v) is 13.1. The molecule has 3 aromatic rings. The SMILES string of the molecule is C#CC(c1ccc(Cl)cc1)c1cn([Si](C(C)C)(C(C)C)C(C)C)c2ccccc12. The first kappa shape index (κ1) is 21.7. The van der Waals surface area contributed by atoms with Gasteiger partial charge in [-0.2, -0.15) is 0 Å². The summed E-state index contributed by atoms with van der Waals surface area (Å²) in [4.78, 5) is 0. The van der Waals surface area contributed by atoms with Crippen molar-refractivity contribution in [1.82, 2.24) is 4.23 Å². The van der Waals surface area contributed by atoms with Crippen LogP contribution >= 0.6 is 11.6 Å². The standard InChI is InChI=1S/C26H32ClNSi/c1-8-23(21-13-15-22(27)16-14-21)25-17-28(26-12-10-9-11-24(25)26)29(18(2)3,19(4)5)20(6)7/h1,9-20,23H,2-7H3. The second kappa shape index (κ2) is 8.42. The number of aromatic nitrogens is 1. The maximum atomic E-state index is 6.12. The molecule has 152 valence electrons. The maximum absolute atomic E-state index is 6.12. The zero-order valence-corrected chi connectivity index (χ0v) is 20.2. The van der Waals surface area contributed by atoms with Crippen molar-refractivity contribution in [3.8, 4) is 12.3 Å². The van der Waals surface area contributed by atoms with E-state index < -0.39 is 8.24 Å². The van der Waals surface area contributed by atoms with Gasteiger partial charge in [-0.15, -0.1) is 6.42 Å². The number of para-hydroxylation sites is 1. The van der Waals surface area contributed by atoms with E-state index in [0.717, 1.165) is 10.6 Å². The number of nitrogens with zero attached hydrogens (tertiary/aromatic N) is 1. The minimum atomic E-state index is -1.89. The van der Waals surface area contributed by atoms with E-state index in [2.05, 4.69) is 94.3 Å². The molecule has 1 atom stereocenters. The van der Waals surface area contributed by atoms with Gasteiger partial charge in [0.15, 0.2) is 8.24 Å². The van der Waals surface area contributed by atoms with Crippen molar-refractivity contribution in [2.24, 2.45) is 0 Å². The van der Waals surface area contributed by atoms with Crippen LogP contribution in [-0.4, -0.2) is 12.5 Å². The normalized spacial score (nSPS) is 13.4. The highest BCUT2D eigenvalue weighted by molar-refractivity contribution is 6.82. The summed E-state index contributed by atoms with van der Waals surface area (Å²) in [5.41, 5.74) is 5.51. The molecule has 0 saturated heterocycles. The van der Waals surface area contributed by atoms with Gasteiger partial charge in [-0.3, -0.25) is 0 Å². The van der Waals surface area contributed by atoms with Crippen molar-refractivity contribution >= 4 is 30.7 Å². The molecule has 0 aliphatic heterocycles. The van der Waals surface area contributed by atoms with Gasteiger partial charge in [0.25, 0.3) is 0 Å². The molecule has 3 rings (SSSR count). The largest absolute Gasteiger partial charge is 0.373 e. The predicted molar refractivity (Wildman–Crippen MR) is 131 cm³/mol. The lowest BCUT2D eigenvalue weighted by Gasteiger charge is -2.44. The van der Waals surface area contributed by atoms with E-state index in [4.69, 9.17) is 18.0 Å². The van der Waals surface area contributed by atoms with Crippen molar-refractivity contribution in [2.75, 3.05) is 0 Å². The number of terminal acetylenes is 1. The molecule has 1 unspecified atom stereocenters. The van der Waals surface area contributed by atoms with Gasteiger partial charge in [0.1, 0.15) is 0 Å². The van der Waals surface area contributed by atoms with Crippen molar-refractivity contribution in [1.29, 1.82) is 0 Å². The smallest absolute Gasteiger partial charge is 0.169 e. The van der Waals surface area contributed by atoms with Crippen LogP contribution in [0.5, 0.6) is 0 Å². The highest BCUT2D eigenvalue weighted by Crippen LogP contribution is 2.46. The Morgan fingerprint density at radius 2 is 1.41 bits per heavy atom. The van der Waals surface area contributed by atoms with E-state index >= 15 is 0 Å². The molecule has 0 aliphatic carbocycles. The lowest BCUT2D eigenvalue weighted by Crippen LogP contribution is -2.51. The minimum Gasteiger partial charge on any atom is -0.373 e. The quantitative estimate of drug-likeness (QED) is 0.280. The Kier molecular flexibility index (Phi) is 6.32. The molecule has 0 amide bonds. The van der Waals surface area contributed by atoms with Crippen LogP contribution in [0, 0.1) is 12.3 Å². The lowest BCUT2D eigenvalue weighted by molar-refractivity contribution is 0.771. The van der Waals surface area contributed by atoms with Gasteiger partial charge < -0.3 is 4.23 Å². The van der Waals surface area contributed by atoms with Gasteiger partial charge in [-0.1, -0.05) is 89.4 Å². The molecular weight excluding hydrogens is 390 g/mol. The topological polar surface area (TPSA) is 4.93 Å². The Morgan fingerprint density at radius 3 is 1.93 bits per heavy atom. The van der Waals surface area contributed by atoms with Gasteiger partial charge in [0.2, 0.25) is 0 Å². The van der Waals surface area contributed by atoms with Crippen LogP contribution < -0.4 is 0 Å². The number of rotatable bonds is 6. The highest BCUT2D eigenvalue weighted by atomic mass is 35.5. The summed E-state index contributed by atoms with van der Waals surface area (Å²) in [6.45, 7) is 14.4. The van der Waals surface area contributed by atoms with Crippen LogP contribution in [0.4, 0.5) is 0 Å². The fourth-order valence-electron chi connectivity index (χ4n) is 5.61. The molecule has 0 radical (unpaired) electrons. The van der Waals surface area contributed by atoms with E-state index in [0.29, 0.717) is 16.6 Å². The van der Waals surface area contributed by atoms with Crippen LogP contribution in [-0.2, 0) is 0 Å². The van der Waals surface area contributed by atoms with Crippen LogP contribution in [0.15, 0.2) is 54.7 Å². The summed E-state index contributed by atoms with van der Waals surface area (Å²) >= 11 is 6.12. The summed E-state index contributed by atoms with van der Waals surface area (Å²) in [5, 5.41) is 2.00. The Bertz CT molecular complexity index is 999. The Labute approximate surface area is 182 Å². The average Bonchev–Trinajstić information content (AvgIpc) is 3.03. The molecule has 3 heteroatoms. The van der Waals surface area contributed by atoms with Crippen LogP contribution in [0.3, 0.4) is 0 Å². The second-order valence-corrected chi connectivity index (χ2v) is 15.1. The highest BCUT2D eigenvalue weighted by Gasteiger charge is 2.46. The van der Waals surface area contributed by atoms with Gasteiger partial charge in [-0.25, -0.2) is 0 Å². The molecule has 0 aliphatic rings. The molecule has 29 heavy (non-hydrogen) atoms. The molecule has 1 heterocycles. The van der Waals surface area contributed by atoms with Crippen molar-refractivity contribution in [3.63, 3.8) is 0 Å². The number of halogens is 1. The zero-order valence-electron chi connectivity index (χ0n) is 18.4. The Balaban J connectivity index is 2.32. The Hall–Kier alpha value is -1.95. The third kappa shape index (κ3) is 3.56. The maximum Gasteiger partial charge on any atom is 0.169 e. The first-order chi connectivity index (χ1) is 13.7. The second-order valence-electron chi connectivity index (χ2n) is 8.97. The third-order valence-corrected chi connectivity index (χ3v) is 13.6. The zero-order chi connectivity index (χ0) is 21.3. The van der Waals surface area contributed by atoms with E-state index in [1.54, 1.807) is 0 Å². The van der Waals surface area contributed by atoms with Crippen LogP contribution in [0.25, 0.3) is 10.9 Å². The number of benzene rings is 2. The molecule has 1 nitrogen and oxygen atoms in total. The molecule has 0 N–H and O–H groups in total. The molecule has 0 bridgehead atoms. The fourth-order valence-corrected chi connectivity index (χ4v) is 12.4. The summed E-state index contributed by atoms with van der Waals surface area (Å²) < 4.78 is 2.66. The number of fused-ring (bicyclic) bond motifs is 1. The Morgan fingerprint density at radius 1 is 0.862 bits per heavy atom. The molecule has 2 aromatic carbocycles. The lowest BCUT2D eigenvalue weighted by atomic mass is 9.92. The molecule has 0 fully saturated rings. The summed E-state index contributed by atoms with van der Waals surface area (Å²) in [7, 11) is -1.89. The number of hydrogen-bond donors (Lipinski definition) is 0. The van der Waals surface area contributed by atoms with E-state index in [1.807, 2.05) is 12.1 Å². The fraction of sp³-hybridized carbons (Fsp3) is 0.385. The summed E-state index contributed by atoms with van der Waals surface area (Å²) in [5.74, 6) is 2.97. The molecular formula is C26H32ClNSi. The van der Waals surface area contributed by atoms with Crippen molar-refractivity contribution in [2.45, 2.75) is 64.1 Å². The van der Waals surface area contributed by atoms with Crippen molar-refractivity contribution in [3.05, 3.63) is 70.9 Å². The predicted octanol–water partition coefficient (Wildman–Crippen LogP) is 8.08. The molecule has 0 saturated carbocycles. The van der Waals surface area contributed by atoms with Gasteiger partial charge in [0.05, 0.1) is 5.92 Å². The van der Waals surface area contributed by atoms with E-state index in [1.165, 1.54) is 16.5 Å². The third-order valence-electron chi connectivity index (χ3n) is 6.62. The summed E-state index contributed by atoms with van der Waals surface area (Å²) in [6.07, 6.45) is 8.47. The van der Waals surface area contributed by atoms with Crippen molar-refractivity contribution < 1.29 is 0 Å². The molecule has 1 aromatic heterocycles. The van der Waals surface area contributed by atoms with Crippen LogP contribution in [0.1, 0.15) is 58.6 Å². The molecule has 0 spiro atoms. The van der Waals surface area contributed by atoms with Gasteiger partial charge in [0, 0.05) is 22.1 Å². The average molecular weight is 422 g/mol. The monoisotopic (exact) mass is 421 g/mol. The van der Waals surface area contributed by atoms with Gasteiger partial charge >= 0.3 is 0 Å². The first-order valence-electron chi connectivity index (χ1n) is 10.6.